The largest absolute Gasteiger partial charge is 0.417 e. The molecule has 0 fully saturated rings. The average Bonchev–Trinajstić information content (AvgIpc) is 2.45. The average molecular weight is 324 g/mol. The molecule has 0 aliphatic heterocycles. The van der Waals surface area contributed by atoms with Crippen molar-refractivity contribution in [2.24, 2.45) is 5.84 Å². The van der Waals surface area contributed by atoms with Crippen LogP contribution in [0.5, 0.6) is 0 Å². The van der Waals surface area contributed by atoms with Crippen LogP contribution in [0.3, 0.4) is 0 Å². The number of alkyl halides is 3. The summed E-state index contributed by atoms with van der Waals surface area (Å²) >= 11 is 0. The van der Waals surface area contributed by atoms with E-state index < -0.39 is 17.6 Å². The molecule has 0 atom stereocenters. The Morgan fingerprint density at radius 2 is 1.78 bits per heavy atom. The molecule has 2 aromatic rings. The predicted octanol–water partition coefficient (Wildman–Crippen LogP) is 4.63. The quantitative estimate of drug-likeness (QED) is 0.386. The zero-order valence-corrected chi connectivity index (χ0v) is 12.7. The molecule has 0 saturated carbocycles. The van der Waals surface area contributed by atoms with Crippen LogP contribution in [0.2, 0.25) is 0 Å². The van der Waals surface area contributed by atoms with Gasteiger partial charge < -0.3 is 5.01 Å². The first kappa shape index (κ1) is 17.0. The van der Waals surface area contributed by atoms with Crippen LogP contribution in [0.4, 0.5) is 23.2 Å². The molecule has 122 valence electrons. The highest BCUT2D eigenvalue weighted by Crippen LogP contribution is 2.36. The van der Waals surface area contributed by atoms with Crippen LogP contribution in [-0.2, 0) is 6.18 Å². The Morgan fingerprint density at radius 3 is 2.35 bits per heavy atom. The van der Waals surface area contributed by atoms with Crippen molar-refractivity contribution in [2.45, 2.75) is 13.1 Å². The van der Waals surface area contributed by atoms with Crippen molar-refractivity contribution >= 4 is 17.8 Å². The minimum Gasteiger partial charge on any atom is -0.314 e. The van der Waals surface area contributed by atoms with Crippen molar-refractivity contribution < 1.29 is 17.6 Å². The van der Waals surface area contributed by atoms with E-state index in [2.05, 4.69) is 0 Å². The molecule has 0 aliphatic rings. The number of rotatable bonds is 3. The summed E-state index contributed by atoms with van der Waals surface area (Å²) in [4.78, 5) is 0. The monoisotopic (exact) mass is 324 g/mol. The van der Waals surface area contributed by atoms with Crippen molar-refractivity contribution in [3.05, 3.63) is 64.5 Å². The molecule has 2 rings (SSSR count). The van der Waals surface area contributed by atoms with Gasteiger partial charge in [0.05, 0.1) is 11.3 Å². The van der Waals surface area contributed by atoms with E-state index in [1.807, 2.05) is 0 Å². The maximum absolute atomic E-state index is 13.2. The Labute approximate surface area is 131 Å². The van der Waals surface area contributed by atoms with Gasteiger partial charge >= 0.3 is 6.18 Å². The highest BCUT2D eigenvalue weighted by atomic mass is 19.4. The number of hydrazine groups is 1. The van der Waals surface area contributed by atoms with Gasteiger partial charge in [-0.3, -0.25) is 0 Å². The summed E-state index contributed by atoms with van der Waals surface area (Å²) in [5, 5.41) is 1.13. The van der Waals surface area contributed by atoms with E-state index in [0.29, 0.717) is 11.1 Å². The van der Waals surface area contributed by atoms with Crippen molar-refractivity contribution in [1.29, 1.82) is 0 Å². The fraction of sp³-hybridized carbons (Fsp3) is 0.176. The molecular weight excluding hydrogens is 308 g/mol. The van der Waals surface area contributed by atoms with Crippen LogP contribution < -0.4 is 10.9 Å². The molecule has 0 amide bonds. The highest BCUT2D eigenvalue weighted by Gasteiger charge is 2.33. The van der Waals surface area contributed by atoms with E-state index in [-0.39, 0.29) is 11.3 Å². The number of anilines is 1. The van der Waals surface area contributed by atoms with Crippen molar-refractivity contribution in [3.63, 3.8) is 0 Å². The molecule has 0 aliphatic carbocycles. The number of nitrogens with two attached hydrogens (primary N) is 1. The van der Waals surface area contributed by atoms with Gasteiger partial charge in [-0.15, -0.1) is 0 Å². The number of benzene rings is 2. The number of nitrogens with zero attached hydrogens (tertiary/aromatic N) is 1. The third-order valence-electron chi connectivity index (χ3n) is 3.43. The number of aryl methyl sites for hydroxylation is 1. The molecule has 0 unspecified atom stereocenters. The first-order valence-corrected chi connectivity index (χ1v) is 6.83. The standard InChI is InChI=1S/C17H16F4N2/c1-11-10-13(18)8-6-12(11)7-9-14-15(17(19,20)21)4-3-5-16(14)23(2)22/h3-10H,22H2,1-2H3/b9-7+. The van der Waals surface area contributed by atoms with Crippen molar-refractivity contribution in [1.82, 2.24) is 0 Å². The first-order chi connectivity index (χ1) is 10.7. The van der Waals surface area contributed by atoms with E-state index in [1.165, 1.54) is 49.5 Å². The van der Waals surface area contributed by atoms with Gasteiger partial charge in [-0.1, -0.05) is 24.3 Å². The smallest absolute Gasteiger partial charge is 0.314 e. The summed E-state index contributed by atoms with van der Waals surface area (Å²) in [6.07, 6.45) is -1.63. The Hall–Kier alpha value is -2.34. The molecule has 0 saturated heterocycles. The molecule has 2 nitrogen and oxygen atoms in total. The Morgan fingerprint density at radius 1 is 1.09 bits per heavy atom. The fourth-order valence-corrected chi connectivity index (χ4v) is 2.28. The fourth-order valence-electron chi connectivity index (χ4n) is 2.28. The lowest BCUT2D eigenvalue weighted by Gasteiger charge is -2.19. The number of hydrogen-bond donors (Lipinski definition) is 1. The van der Waals surface area contributed by atoms with Gasteiger partial charge in [0.25, 0.3) is 0 Å². The summed E-state index contributed by atoms with van der Waals surface area (Å²) in [7, 11) is 1.47. The molecule has 0 heterocycles. The van der Waals surface area contributed by atoms with E-state index in [1.54, 1.807) is 6.92 Å². The molecule has 0 spiro atoms. The van der Waals surface area contributed by atoms with E-state index in [4.69, 9.17) is 5.84 Å². The van der Waals surface area contributed by atoms with Crippen LogP contribution >= 0.6 is 0 Å². The summed E-state index contributed by atoms with van der Waals surface area (Å²) in [5.74, 6) is 5.24. The molecule has 2 N–H and O–H groups in total. The Balaban J connectivity index is 2.55. The Kier molecular flexibility index (Phi) is 4.75. The SMILES string of the molecule is Cc1cc(F)ccc1/C=C/c1c(N(C)N)cccc1C(F)(F)F. The van der Waals surface area contributed by atoms with Crippen LogP contribution in [0.25, 0.3) is 12.2 Å². The third kappa shape index (κ3) is 3.90. The maximum atomic E-state index is 13.2. The lowest BCUT2D eigenvalue weighted by atomic mass is 10.0. The lowest BCUT2D eigenvalue weighted by Crippen LogP contribution is -2.26. The maximum Gasteiger partial charge on any atom is 0.417 e. The second kappa shape index (κ2) is 6.42. The zero-order chi connectivity index (χ0) is 17.2. The van der Waals surface area contributed by atoms with Gasteiger partial charge in [0.15, 0.2) is 0 Å². The third-order valence-corrected chi connectivity index (χ3v) is 3.43. The van der Waals surface area contributed by atoms with Gasteiger partial charge in [-0.25, -0.2) is 10.2 Å². The molecule has 2 aromatic carbocycles. The molecule has 0 aromatic heterocycles. The van der Waals surface area contributed by atoms with Crippen LogP contribution in [0, 0.1) is 12.7 Å². The normalized spacial score (nSPS) is 12.0. The molecule has 23 heavy (non-hydrogen) atoms. The molecule has 0 bridgehead atoms. The van der Waals surface area contributed by atoms with Gasteiger partial charge in [0.1, 0.15) is 5.82 Å². The first-order valence-electron chi connectivity index (χ1n) is 6.83. The molecular formula is C17H16F4N2. The Bertz CT molecular complexity index is 734. The van der Waals surface area contributed by atoms with E-state index >= 15 is 0 Å². The number of hydrogen-bond acceptors (Lipinski definition) is 2. The zero-order valence-electron chi connectivity index (χ0n) is 12.7. The van der Waals surface area contributed by atoms with Crippen molar-refractivity contribution in [3.8, 4) is 0 Å². The van der Waals surface area contributed by atoms with Gasteiger partial charge in [0.2, 0.25) is 0 Å². The van der Waals surface area contributed by atoms with Crippen molar-refractivity contribution in [2.75, 3.05) is 12.1 Å². The van der Waals surface area contributed by atoms with Gasteiger partial charge in [-0.2, -0.15) is 13.2 Å². The topological polar surface area (TPSA) is 29.3 Å². The van der Waals surface area contributed by atoms with Crippen LogP contribution in [0.1, 0.15) is 22.3 Å². The highest BCUT2D eigenvalue weighted by molar-refractivity contribution is 5.79. The van der Waals surface area contributed by atoms with E-state index in [9.17, 15) is 17.6 Å². The van der Waals surface area contributed by atoms with Gasteiger partial charge in [-0.05, 0) is 42.3 Å². The van der Waals surface area contributed by atoms with E-state index in [0.717, 1.165) is 11.1 Å². The predicted molar refractivity (Wildman–Crippen MR) is 84.1 cm³/mol. The van der Waals surface area contributed by atoms with Gasteiger partial charge in [0, 0.05) is 12.6 Å². The molecule has 0 radical (unpaired) electrons. The summed E-state index contributed by atoms with van der Waals surface area (Å²) < 4.78 is 52.7. The van der Waals surface area contributed by atoms with Crippen LogP contribution in [0.15, 0.2) is 36.4 Å². The summed E-state index contributed by atoms with van der Waals surface area (Å²) in [6, 6.07) is 7.92. The summed E-state index contributed by atoms with van der Waals surface area (Å²) in [6.45, 7) is 1.69. The van der Waals surface area contributed by atoms with Crippen LogP contribution in [-0.4, -0.2) is 7.05 Å². The minimum atomic E-state index is -4.50. The second-order valence-corrected chi connectivity index (χ2v) is 5.18. The number of halogens is 4. The summed E-state index contributed by atoms with van der Waals surface area (Å²) in [5.41, 5.74) is 0.704. The lowest BCUT2D eigenvalue weighted by molar-refractivity contribution is -0.137. The molecule has 6 heteroatoms. The minimum absolute atomic E-state index is 0.0336. The second-order valence-electron chi connectivity index (χ2n) is 5.18.